The highest BCUT2D eigenvalue weighted by molar-refractivity contribution is 5.85. The van der Waals surface area contributed by atoms with Gasteiger partial charge in [-0.25, -0.2) is 0 Å². The molecule has 4 heteroatoms. The van der Waals surface area contributed by atoms with Gasteiger partial charge < -0.3 is 11.1 Å². The van der Waals surface area contributed by atoms with E-state index >= 15 is 0 Å². The van der Waals surface area contributed by atoms with E-state index < -0.39 is 6.04 Å². The molecule has 0 aromatic heterocycles. The quantitative estimate of drug-likeness (QED) is 0.850. The van der Waals surface area contributed by atoms with Gasteiger partial charge in [-0.2, -0.15) is 0 Å². The average Bonchev–Trinajstić information content (AvgIpc) is 2.30. The number of benzene rings is 1. The first kappa shape index (κ1) is 15.9. The second-order valence-electron chi connectivity index (χ2n) is 4.04. The van der Waals surface area contributed by atoms with E-state index in [1.165, 1.54) is 0 Å². The zero-order valence-corrected chi connectivity index (χ0v) is 11.2. The number of halogens is 1. The smallest absolute Gasteiger partial charge is 0.237 e. The zero-order valence-electron chi connectivity index (χ0n) is 10.3. The summed E-state index contributed by atoms with van der Waals surface area (Å²) >= 11 is 0. The first-order valence-corrected chi connectivity index (χ1v) is 5.76. The molecule has 3 nitrogen and oxygen atoms in total. The molecule has 0 spiro atoms. The second-order valence-corrected chi connectivity index (χ2v) is 4.04. The van der Waals surface area contributed by atoms with Gasteiger partial charge in [-0.15, -0.1) is 12.4 Å². The van der Waals surface area contributed by atoms with Gasteiger partial charge in [-0.1, -0.05) is 43.7 Å². The molecule has 0 saturated carbocycles. The van der Waals surface area contributed by atoms with Crippen molar-refractivity contribution in [2.75, 3.05) is 0 Å². The van der Waals surface area contributed by atoms with Crippen LogP contribution in [-0.2, 0) is 4.79 Å². The van der Waals surface area contributed by atoms with Gasteiger partial charge in [0.25, 0.3) is 0 Å². The standard InChI is InChI=1S/C13H20N2O.ClH/c1-3-7-12(14)13(16)15-10(2)11-8-5-4-6-9-11;/h4-6,8-10,12H,3,7,14H2,1-2H3,(H,15,16);1H. The molecule has 1 rings (SSSR count). The van der Waals surface area contributed by atoms with Crippen LogP contribution in [0.2, 0.25) is 0 Å². The number of carbonyl (C=O) groups is 1. The van der Waals surface area contributed by atoms with Crippen molar-refractivity contribution in [1.82, 2.24) is 5.32 Å². The normalized spacial score (nSPS) is 13.4. The maximum Gasteiger partial charge on any atom is 0.237 e. The van der Waals surface area contributed by atoms with E-state index in [9.17, 15) is 4.79 Å². The topological polar surface area (TPSA) is 55.1 Å². The third-order valence-corrected chi connectivity index (χ3v) is 2.59. The highest BCUT2D eigenvalue weighted by Crippen LogP contribution is 2.11. The van der Waals surface area contributed by atoms with Crippen LogP contribution in [0.4, 0.5) is 0 Å². The number of nitrogens with one attached hydrogen (secondary N) is 1. The number of rotatable bonds is 5. The van der Waals surface area contributed by atoms with Crippen LogP contribution in [0.15, 0.2) is 30.3 Å². The van der Waals surface area contributed by atoms with E-state index in [-0.39, 0.29) is 24.4 Å². The van der Waals surface area contributed by atoms with E-state index in [4.69, 9.17) is 5.73 Å². The Kier molecular flexibility index (Phi) is 7.59. The molecule has 17 heavy (non-hydrogen) atoms. The third kappa shape index (κ3) is 5.20. The van der Waals surface area contributed by atoms with Crippen LogP contribution < -0.4 is 11.1 Å². The molecule has 3 N–H and O–H groups in total. The molecule has 0 saturated heterocycles. The van der Waals surface area contributed by atoms with Crippen LogP contribution in [0.25, 0.3) is 0 Å². The maximum absolute atomic E-state index is 11.7. The summed E-state index contributed by atoms with van der Waals surface area (Å²) in [5, 5.41) is 2.92. The maximum atomic E-state index is 11.7. The molecule has 1 aromatic carbocycles. The predicted molar refractivity (Wildman–Crippen MR) is 73.1 cm³/mol. The van der Waals surface area contributed by atoms with E-state index in [1.54, 1.807) is 0 Å². The van der Waals surface area contributed by atoms with E-state index in [0.29, 0.717) is 0 Å². The molecule has 0 aliphatic rings. The van der Waals surface area contributed by atoms with E-state index in [0.717, 1.165) is 18.4 Å². The monoisotopic (exact) mass is 256 g/mol. The third-order valence-electron chi connectivity index (χ3n) is 2.59. The molecule has 0 aliphatic carbocycles. The van der Waals surface area contributed by atoms with E-state index in [1.807, 2.05) is 44.2 Å². The molecule has 0 aliphatic heterocycles. The van der Waals surface area contributed by atoms with Crippen LogP contribution >= 0.6 is 12.4 Å². The molecule has 0 heterocycles. The molecule has 0 radical (unpaired) electrons. The zero-order chi connectivity index (χ0) is 12.0. The molecule has 96 valence electrons. The van der Waals surface area contributed by atoms with Crippen LogP contribution in [0.5, 0.6) is 0 Å². The molecule has 1 amide bonds. The number of carbonyl (C=O) groups excluding carboxylic acids is 1. The fourth-order valence-corrected chi connectivity index (χ4v) is 1.59. The first-order chi connectivity index (χ1) is 7.65. The van der Waals surface area contributed by atoms with Gasteiger partial charge in [0.2, 0.25) is 5.91 Å². The first-order valence-electron chi connectivity index (χ1n) is 5.76. The lowest BCUT2D eigenvalue weighted by atomic mass is 10.1. The van der Waals surface area contributed by atoms with Gasteiger partial charge in [-0.05, 0) is 18.9 Å². The lowest BCUT2D eigenvalue weighted by Gasteiger charge is -2.17. The van der Waals surface area contributed by atoms with Crippen molar-refractivity contribution in [1.29, 1.82) is 0 Å². The molecule has 2 unspecified atom stereocenters. The van der Waals surface area contributed by atoms with Crippen molar-refractivity contribution in [3.8, 4) is 0 Å². The Morgan fingerprint density at radius 1 is 1.35 bits per heavy atom. The lowest BCUT2D eigenvalue weighted by Crippen LogP contribution is -2.41. The highest BCUT2D eigenvalue weighted by Gasteiger charge is 2.15. The van der Waals surface area contributed by atoms with Crippen molar-refractivity contribution in [2.24, 2.45) is 5.73 Å². The largest absolute Gasteiger partial charge is 0.348 e. The molecule has 1 aromatic rings. The van der Waals surface area contributed by atoms with Gasteiger partial charge in [0, 0.05) is 0 Å². The fraction of sp³-hybridized carbons (Fsp3) is 0.462. The summed E-state index contributed by atoms with van der Waals surface area (Å²) in [6.07, 6.45) is 1.65. The Morgan fingerprint density at radius 3 is 2.47 bits per heavy atom. The summed E-state index contributed by atoms with van der Waals surface area (Å²) in [5.41, 5.74) is 6.84. The number of amides is 1. The molecular weight excluding hydrogens is 236 g/mol. The van der Waals surface area contributed by atoms with Crippen molar-refractivity contribution >= 4 is 18.3 Å². The lowest BCUT2D eigenvalue weighted by molar-refractivity contribution is -0.123. The summed E-state index contributed by atoms with van der Waals surface area (Å²) in [7, 11) is 0. The van der Waals surface area contributed by atoms with Crippen LogP contribution in [0.1, 0.15) is 38.3 Å². The van der Waals surface area contributed by atoms with Gasteiger partial charge in [0.05, 0.1) is 12.1 Å². The van der Waals surface area contributed by atoms with Gasteiger partial charge >= 0.3 is 0 Å². The Hall–Kier alpha value is -1.06. The molecular formula is C13H21ClN2O. The van der Waals surface area contributed by atoms with Crippen LogP contribution in [0.3, 0.4) is 0 Å². The summed E-state index contributed by atoms with van der Waals surface area (Å²) in [4.78, 5) is 11.7. The Morgan fingerprint density at radius 2 is 1.94 bits per heavy atom. The van der Waals surface area contributed by atoms with Crippen LogP contribution in [-0.4, -0.2) is 11.9 Å². The second kappa shape index (κ2) is 8.09. The number of hydrogen-bond donors (Lipinski definition) is 2. The van der Waals surface area contributed by atoms with Gasteiger partial charge in [0.15, 0.2) is 0 Å². The van der Waals surface area contributed by atoms with Crippen molar-refractivity contribution < 1.29 is 4.79 Å². The Bertz CT molecular complexity index is 329. The summed E-state index contributed by atoms with van der Waals surface area (Å²) in [6, 6.07) is 9.49. The number of nitrogens with two attached hydrogens (primary N) is 1. The predicted octanol–water partition coefficient (Wildman–Crippen LogP) is 2.41. The minimum Gasteiger partial charge on any atom is -0.348 e. The van der Waals surface area contributed by atoms with Gasteiger partial charge in [-0.3, -0.25) is 4.79 Å². The number of hydrogen-bond acceptors (Lipinski definition) is 2. The van der Waals surface area contributed by atoms with Crippen molar-refractivity contribution in [2.45, 2.75) is 38.8 Å². The van der Waals surface area contributed by atoms with Crippen molar-refractivity contribution in [3.63, 3.8) is 0 Å². The molecule has 2 atom stereocenters. The minimum atomic E-state index is -0.392. The Labute approximate surface area is 109 Å². The summed E-state index contributed by atoms with van der Waals surface area (Å²) in [5.74, 6) is -0.0711. The Balaban J connectivity index is 0.00000256. The summed E-state index contributed by atoms with van der Waals surface area (Å²) < 4.78 is 0. The SMILES string of the molecule is CCCC(N)C(=O)NC(C)c1ccccc1.Cl. The van der Waals surface area contributed by atoms with Crippen molar-refractivity contribution in [3.05, 3.63) is 35.9 Å². The van der Waals surface area contributed by atoms with E-state index in [2.05, 4.69) is 5.32 Å². The molecule has 0 fully saturated rings. The van der Waals surface area contributed by atoms with Crippen LogP contribution in [0, 0.1) is 0 Å². The van der Waals surface area contributed by atoms with Gasteiger partial charge in [0.1, 0.15) is 0 Å². The highest BCUT2D eigenvalue weighted by atomic mass is 35.5. The molecule has 0 bridgehead atoms. The fourth-order valence-electron chi connectivity index (χ4n) is 1.59. The average molecular weight is 257 g/mol. The summed E-state index contributed by atoms with van der Waals surface area (Å²) in [6.45, 7) is 3.99. The minimum absolute atomic E-state index is 0.